The zero-order valence-electron chi connectivity index (χ0n) is 10.9. The van der Waals surface area contributed by atoms with Gasteiger partial charge in [0.05, 0.1) is 24.2 Å². The Labute approximate surface area is 121 Å². The van der Waals surface area contributed by atoms with Crippen molar-refractivity contribution in [3.05, 3.63) is 28.2 Å². The van der Waals surface area contributed by atoms with Crippen molar-refractivity contribution in [3.8, 4) is 5.75 Å². The van der Waals surface area contributed by atoms with Gasteiger partial charge in [-0.2, -0.15) is 0 Å². The van der Waals surface area contributed by atoms with E-state index >= 15 is 0 Å². The van der Waals surface area contributed by atoms with Gasteiger partial charge in [-0.25, -0.2) is 0 Å². The summed E-state index contributed by atoms with van der Waals surface area (Å²) < 4.78 is 5.92. The summed E-state index contributed by atoms with van der Waals surface area (Å²) in [5.74, 6) is 0.780. The van der Waals surface area contributed by atoms with Gasteiger partial charge in [0.25, 0.3) is 0 Å². The average molecular weight is 328 g/mol. The van der Waals surface area contributed by atoms with Crippen molar-refractivity contribution in [1.29, 1.82) is 0 Å². The molecule has 1 N–H and O–H groups in total. The largest absolute Gasteiger partial charge is 0.496 e. The summed E-state index contributed by atoms with van der Waals surface area (Å²) in [6, 6.07) is 5.33. The first-order valence-electron chi connectivity index (χ1n) is 6.37. The Morgan fingerprint density at radius 3 is 3.00 bits per heavy atom. The Morgan fingerprint density at radius 1 is 1.58 bits per heavy atom. The van der Waals surface area contributed by atoms with Crippen LogP contribution in [0, 0.1) is 0 Å². The molecule has 1 aliphatic heterocycles. The van der Waals surface area contributed by atoms with E-state index in [0.29, 0.717) is 24.4 Å². The first kappa shape index (κ1) is 14.5. The molecule has 104 valence electrons. The predicted octanol–water partition coefficient (Wildman–Crippen LogP) is 2.10. The number of ketones is 1. The monoisotopic (exact) mass is 327 g/mol. The lowest BCUT2D eigenvalue weighted by Crippen LogP contribution is -2.41. The second-order valence-corrected chi connectivity index (χ2v) is 5.66. The molecule has 19 heavy (non-hydrogen) atoms. The van der Waals surface area contributed by atoms with Crippen LogP contribution >= 0.6 is 15.9 Å². The van der Waals surface area contributed by atoms with Gasteiger partial charge in [-0.05, 0) is 53.5 Å². The highest BCUT2D eigenvalue weighted by atomic mass is 79.9. The number of ether oxygens (including phenoxy) is 1. The van der Waals surface area contributed by atoms with E-state index < -0.39 is 0 Å². The lowest BCUT2D eigenvalue weighted by Gasteiger charge is -2.29. The van der Waals surface area contributed by atoms with Gasteiger partial charge < -0.3 is 9.84 Å². The molecule has 0 radical (unpaired) electrons. The number of aliphatic hydroxyl groups excluding tert-OH is 1. The average Bonchev–Trinajstić information content (AvgIpc) is 2.38. The van der Waals surface area contributed by atoms with Crippen molar-refractivity contribution in [3.63, 3.8) is 0 Å². The number of carbonyl (C=O) groups is 1. The summed E-state index contributed by atoms with van der Waals surface area (Å²) in [5.41, 5.74) is 0.660. The number of rotatable bonds is 4. The Kier molecular flexibility index (Phi) is 4.96. The molecule has 0 spiro atoms. The topological polar surface area (TPSA) is 49.8 Å². The smallest absolute Gasteiger partial charge is 0.176 e. The maximum Gasteiger partial charge on any atom is 0.176 e. The van der Waals surface area contributed by atoms with Crippen LogP contribution < -0.4 is 4.74 Å². The Hall–Kier alpha value is -0.910. The zero-order chi connectivity index (χ0) is 13.8. The summed E-state index contributed by atoms with van der Waals surface area (Å²) in [6.45, 7) is 1.82. The lowest BCUT2D eigenvalue weighted by atomic mass is 10.1. The summed E-state index contributed by atoms with van der Waals surface area (Å²) in [7, 11) is 1.59. The minimum absolute atomic E-state index is 0.0671. The van der Waals surface area contributed by atoms with Gasteiger partial charge >= 0.3 is 0 Å². The van der Waals surface area contributed by atoms with Gasteiger partial charge in [0.1, 0.15) is 5.75 Å². The minimum Gasteiger partial charge on any atom is -0.496 e. The highest BCUT2D eigenvalue weighted by Gasteiger charge is 2.20. The van der Waals surface area contributed by atoms with E-state index in [2.05, 4.69) is 15.9 Å². The number of piperidine rings is 1. The highest BCUT2D eigenvalue weighted by Crippen LogP contribution is 2.25. The highest BCUT2D eigenvalue weighted by molar-refractivity contribution is 9.10. The zero-order valence-corrected chi connectivity index (χ0v) is 12.5. The van der Waals surface area contributed by atoms with Crippen LogP contribution in [0.5, 0.6) is 5.75 Å². The standard InChI is InChI=1S/C14H18BrNO3/c1-19-14-5-4-10(7-12(14)15)13(18)9-16-6-2-3-11(17)8-16/h4-5,7,11,17H,2-3,6,8-9H2,1H3. The first-order valence-corrected chi connectivity index (χ1v) is 7.16. The Balaban J connectivity index is 2.01. The first-order chi connectivity index (χ1) is 9.10. The molecule has 0 aliphatic carbocycles. The molecule has 1 aliphatic rings. The van der Waals surface area contributed by atoms with Crippen molar-refractivity contribution >= 4 is 21.7 Å². The number of nitrogens with zero attached hydrogens (tertiary/aromatic N) is 1. The van der Waals surface area contributed by atoms with Gasteiger partial charge in [0.2, 0.25) is 0 Å². The normalized spacial score (nSPS) is 20.3. The van der Waals surface area contributed by atoms with Crippen LogP contribution in [0.2, 0.25) is 0 Å². The van der Waals surface area contributed by atoms with Gasteiger partial charge in [0.15, 0.2) is 5.78 Å². The molecule has 1 aromatic carbocycles. The van der Waals surface area contributed by atoms with E-state index in [4.69, 9.17) is 4.74 Å². The second-order valence-electron chi connectivity index (χ2n) is 4.80. The molecule has 4 nitrogen and oxygen atoms in total. The van der Waals surface area contributed by atoms with E-state index in [-0.39, 0.29) is 11.9 Å². The van der Waals surface area contributed by atoms with Crippen LogP contribution in [-0.4, -0.2) is 48.6 Å². The van der Waals surface area contributed by atoms with E-state index in [1.165, 1.54) is 0 Å². The van der Waals surface area contributed by atoms with Crippen molar-refractivity contribution in [1.82, 2.24) is 4.90 Å². The molecule has 1 atom stereocenters. The number of benzene rings is 1. The van der Waals surface area contributed by atoms with Gasteiger partial charge in [-0.3, -0.25) is 9.69 Å². The molecule has 1 aromatic rings. The molecule has 2 rings (SSSR count). The number of Topliss-reactive ketones (excluding diaryl/α,β-unsaturated/α-hetero) is 1. The molecule has 0 bridgehead atoms. The third-order valence-electron chi connectivity index (χ3n) is 3.32. The maximum atomic E-state index is 12.2. The fourth-order valence-electron chi connectivity index (χ4n) is 2.31. The summed E-state index contributed by atoms with van der Waals surface area (Å²) in [4.78, 5) is 14.2. The molecule has 1 fully saturated rings. The second kappa shape index (κ2) is 6.50. The molecular weight excluding hydrogens is 310 g/mol. The fraction of sp³-hybridized carbons (Fsp3) is 0.500. The van der Waals surface area contributed by atoms with E-state index in [9.17, 15) is 9.90 Å². The third kappa shape index (κ3) is 3.78. The molecule has 1 saturated heterocycles. The van der Waals surface area contributed by atoms with E-state index in [0.717, 1.165) is 23.9 Å². The number of methoxy groups -OCH3 is 1. The number of β-amino-alcohol motifs (C(OH)–C–C–N with tert-alkyl or cyclic N) is 1. The molecule has 0 amide bonds. The van der Waals surface area contributed by atoms with Crippen molar-refractivity contribution in [2.45, 2.75) is 18.9 Å². The third-order valence-corrected chi connectivity index (χ3v) is 3.94. The lowest BCUT2D eigenvalue weighted by molar-refractivity contribution is 0.0634. The number of carbonyl (C=O) groups excluding carboxylic acids is 1. The van der Waals surface area contributed by atoms with Gasteiger partial charge in [-0.1, -0.05) is 0 Å². The molecule has 1 unspecified atom stereocenters. The molecule has 5 heteroatoms. The Bertz CT molecular complexity index is 464. The van der Waals surface area contributed by atoms with Gasteiger partial charge in [0, 0.05) is 12.1 Å². The molecule has 1 heterocycles. The van der Waals surface area contributed by atoms with E-state index in [1.54, 1.807) is 25.3 Å². The number of aliphatic hydroxyl groups is 1. The van der Waals surface area contributed by atoms with Crippen LogP contribution in [0.25, 0.3) is 0 Å². The molecule has 0 saturated carbocycles. The van der Waals surface area contributed by atoms with Crippen LogP contribution in [0.15, 0.2) is 22.7 Å². The summed E-state index contributed by atoms with van der Waals surface area (Å²) in [6.07, 6.45) is 1.48. The number of hydrogen-bond acceptors (Lipinski definition) is 4. The number of likely N-dealkylation sites (tertiary alicyclic amines) is 1. The number of hydrogen-bond donors (Lipinski definition) is 1. The van der Waals surface area contributed by atoms with Crippen LogP contribution in [0.4, 0.5) is 0 Å². The quantitative estimate of drug-likeness (QED) is 0.860. The minimum atomic E-state index is -0.302. The van der Waals surface area contributed by atoms with Crippen LogP contribution in [0.3, 0.4) is 0 Å². The molecule has 0 aromatic heterocycles. The van der Waals surface area contributed by atoms with Crippen molar-refractivity contribution < 1.29 is 14.6 Å². The van der Waals surface area contributed by atoms with Crippen LogP contribution in [0.1, 0.15) is 23.2 Å². The summed E-state index contributed by atoms with van der Waals surface area (Å²) in [5, 5.41) is 9.60. The molecular formula is C14H18BrNO3. The summed E-state index contributed by atoms with van der Waals surface area (Å²) >= 11 is 3.38. The maximum absolute atomic E-state index is 12.2. The Morgan fingerprint density at radius 2 is 2.37 bits per heavy atom. The van der Waals surface area contributed by atoms with Crippen LogP contribution in [-0.2, 0) is 0 Å². The predicted molar refractivity (Wildman–Crippen MR) is 76.7 cm³/mol. The van der Waals surface area contributed by atoms with Crippen molar-refractivity contribution in [2.24, 2.45) is 0 Å². The SMILES string of the molecule is COc1ccc(C(=O)CN2CCCC(O)C2)cc1Br. The van der Waals surface area contributed by atoms with E-state index in [1.807, 2.05) is 4.90 Å². The van der Waals surface area contributed by atoms with Gasteiger partial charge in [-0.15, -0.1) is 0 Å². The number of halogens is 1. The fourth-order valence-corrected chi connectivity index (χ4v) is 2.85. The van der Waals surface area contributed by atoms with Crippen molar-refractivity contribution in [2.75, 3.05) is 26.7 Å².